The summed E-state index contributed by atoms with van der Waals surface area (Å²) in [6, 6.07) is 14.7. The molecule has 1 aliphatic rings. The van der Waals surface area contributed by atoms with Crippen LogP contribution in [0.4, 0.5) is 11.4 Å². The predicted octanol–water partition coefficient (Wildman–Crippen LogP) is 3.42. The zero-order valence-electron chi connectivity index (χ0n) is 13.6. The van der Waals surface area contributed by atoms with Gasteiger partial charge in [0.2, 0.25) is 0 Å². The quantitative estimate of drug-likeness (QED) is 0.862. The third-order valence-corrected chi connectivity index (χ3v) is 6.16. The Labute approximate surface area is 138 Å². The summed E-state index contributed by atoms with van der Waals surface area (Å²) in [5.74, 6) is 0. The van der Waals surface area contributed by atoms with Gasteiger partial charge in [0, 0.05) is 25.8 Å². The maximum Gasteiger partial charge on any atom is 0.264 e. The minimum atomic E-state index is -3.52. The number of nitrogens with zero attached hydrogens (tertiary/aromatic N) is 2. The largest absolute Gasteiger partial charge is 0.372 e. The highest BCUT2D eigenvalue weighted by Gasteiger charge is 2.21. The molecule has 2 aromatic carbocycles. The molecule has 2 aromatic rings. The summed E-state index contributed by atoms with van der Waals surface area (Å²) in [6.07, 6.45) is 2.45. The van der Waals surface area contributed by atoms with Gasteiger partial charge in [-0.2, -0.15) is 0 Å². The van der Waals surface area contributed by atoms with Crippen molar-refractivity contribution >= 4 is 21.4 Å². The first kappa shape index (κ1) is 15.9. The van der Waals surface area contributed by atoms with E-state index in [0.29, 0.717) is 10.6 Å². The van der Waals surface area contributed by atoms with E-state index in [2.05, 4.69) is 4.90 Å². The van der Waals surface area contributed by atoms with E-state index in [1.165, 1.54) is 17.1 Å². The van der Waals surface area contributed by atoms with E-state index in [9.17, 15) is 8.42 Å². The smallest absolute Gasteiger partial charge is 0.264 e. The van der Waals surface area contributed by atoms with Gasteiger partial charge in [-0.25, -0.2) is 8.42 Å². The van der Waals surface area contributed by atoms with E-state index in [4.69, 9.17) is 0 Å². The first-order valence-electron chi connectivity index (χ1n) is 7.89. The van der Waals surface area contributed by atoms with Gasteiger partial charge in [-0.05, 0) is 56.2 Å². The van der Waals surface area contributed by atoms with Crippen molar-refractivity contribution in [2.75, 3.05) is 29.3 Å². The molecule has 3 rings (SSSR count). The molecule has 0 bridgehead atoms. The Morgan fingerprint density at radius 3 is 2.04 bits per heavy atom. The Hall–Kier alpha value is -2.01. The molecule has 0 aromatic heterocycles. The first-order valence-corrected chi connectivity index (χ1v) is 9.33. The fraction of sp³-hybridized carbons (Fsp3) is 0.333. The van der Waals surface area contributed by atoms with Crippen LogP contribution in [0.25, 0.3) is 0 Å². The van der Waals surface area contributed by atoms with Crippen molar-refractivity contribution in [3.8, 4) is 0 Å². The standard InChI is InChI=1S/C18H22N2O2S/c1-15-5-11-18(12-6-15)23(21,22)19(2)16-7-9-17(10-8-16)20-13-3-4-14-20/h5-12H,3-4,13-14H2,1-2H3. The van der Waals surface area contributed by atoms with Gasteiger partial charge >= 0.3 is 0 Å². The molecule has 0 aliphatic carbocycles. The van der Waals surface area contributed by atoms with Crippen LogP contribution in [0.5, 0.6) is 0 Å². The number of hydrogen-bond acceptors (Lipinski definition) is 3. The topological polar surface area (TPSA) is 40.6 Å². The summed E-state index contributed by atoms with van der Waals surface area (Å²) in [6.45, 7) is 4.10. The Morgan fingerprint density at radius 2 is 1.48 bits per heavy atom. The third kappa shape index (κ3) is 3.20. The molecule has 23 heavy (non-hydrogen) atoms. The fourth-order valence-corrected chi connectivity index (χ4v) is 4.05. The van der Waals surface area contributed by atoms with Crippen molar-refractivity contribution in [1.82, 2.24) is 0 Å². The van der Waals surface area contributed by atoms with Crippen molar-refractivity contribution < 1.29 is 8.42 Å². The molecule has 0 N–H and O–H groups in total. The monoisotopic (exact) mass is 330 g/mol. The van der Waals surface area contributed by atoms with Crippen LogP contribution in [0, 0.1) is 6.92 Å². The molecule has 5 heteroatoms. The molecule has 0 radical (unpaired) electrons. The van der Waals surface area contributed by atoms with Gasteiger partial charge < -0.3 is 4.90 Å². The first-order chi connectivity index (χ1) is 11.0. The molecule has 1 aliphatic heterocycles. The van der Waals surface area contributed by atoms with Crippen molar-refractivity contribution in [2.24, 2.45) is 0 Å². The SMILES string of the molecule is Cc1ccc(S(=O)(=O)N(C)c2ccc(N3CCCC3)cc2)cc1. The van der Waals surface area contributed by atoms with Crippen LogP contribution in [-0.2, 0) is 10.0 Å². The zero-order chi connectivity index (χ0) is 16.4. The van der Waals surface area contributed by atoms with Gasteiger partial charge in [0.25, 0.3) is 10.0 Å². The normalized spacial score (nSPS) is 15.0. The van der Waals surface area contributed by atoms with Crippen molar-refractivity contribution in [1.29, 1.82) is 0 Å². The molecule has 0 amide bonds. The molecule has 0 unspecified atom stereocenters. The Kier molecular flexibility index (Phi) is 4.31. The average molecular weight is 330 g/mol. The van der Waals surface area contributed by atoms with E-state index >= 15 is 0 Å². The summed E-state index contributed by atoms with van der Waals surface area (Å²) in [5, 5.41) is 0. The van der Waals surface area contributed by atoms with Crippen LogP contribution >= 0.6 is 0 Å². The Bertz CT molecular complexity index is 762. The summed E-state index contributed by atoms with van der Waals surface area (Å²) in [7, 11) is -1.92. The molecular weight excluding hydrogens is 308 g/mol. The summed E-state index contributed by atoms with van der Waals surface area (Å²) >= 11 is 0. The molecule has 1 saturated heterocycles. The Morgan fingerprint density at radius 1 is 0.913 bits per heavy atom. The lowest BCUT2D eigenvalue weighted by Gasteiger charge is -2.22. The molecule has 1 fully saturated rings. The number of benzene rings is 2. The predicted molar refractivity (Wildman–Crippen MR) is 94.7 cm³/mol. The average Bonchev–Trinajstić information content (AvgIpc) is 3.09. The number of hydrogen-bond donors (Lipinski definition) is 0. The molecule has 122 valence electrons. The van der Waals surface area contributed by atoms with Crippen LogP contribution in [0.1, 0.15) is 18.4 Å². The van der Waals surface area contributed by atoms with Crippen LogP contribution in [0.2, 0.25) is 0 Å². The lowest BCUT2D eigenvalue weighted by atomic mass is 10.2. The van der Waals surface area contributed by atoms with Crippen molar-refractivity contribution in [3.05, 3.63) is 54.1 Å². The maximum atomic E-state index is 12.7. The summed E-state index contributed by atoms with van der Waals surface area (Å²) in [4.78, 5) is 2.65. The summed E-state index contributed by atoms with van der Waals surface area (Å²) in [5.41, 5.74) is 2.88. The second-order valence-electron chi connectivity index (χ2n) is 6.00. The van der Waals surface area contributed by atoms with Crippen LogP contribution < -0.4 is 9.21 Å². The van der Waals surface area contributed by atoms with Gasteiger partial charge in [0.05, 0.1) is 10.6 Å². The van der Waals surface area contributed by atoms with Crippen LogP contribution in [0.3, 0.4) is 0 Å². The second-order valence-corrected chi connectivity index (χ2v) is 7.97. The minimum Gasteiger partial charge on any atom is -0.372 e. The van der Waals surface area contributed by atoms with Gasteiger partial charge in [-0.15, -0.1) is 0 Å². The van der Waals surface area contributed by atoms with E-state index in [-0.39, 0.29) is 0 Å². The number of sulfonamides is 1. The van der Waals surface area contributed by atoms with Gasteiger partial charge in [-0.3, -0.25) is 4.31 Å². The highest BCUT2D eigenvalue weighted by molar-refractivity contribution is 7.92. The number of anilines is 2. The van der Waals surface area contributed by atoms with E-state index in [1.807, 2.05) is 43.3 Å². The zero-order valence-corrected chi connectivity index (χ0v) is 14.4. The van der Waals surface area contributed by atoms with E-state index < -0.39 is 10.0 Å². The lowest BCUT2D eigenvalue weighted by Crippen LogP contribution is -2.26. The maximum absolute atomic E-state index is 12.7. The van der Waals surface area contributed by atoms with Crippen LogP contribution in [-0.4, -0.2) is 28.6 Å². The van der Waals surface area contributed by atoms with E-state index in [1.54, 1.807) is 19.2 Å². The second kappa shape index (κ2) is 6.24. The van der Waals surface area contributed by atoms with Gasteiger partial charge in [-0.1, -0.05) is 17.7 Å². The number of rotatable bonds is 4. The van der Waals surface area contributed by atoms with Crippen molar-refractivity contribution in [3.63, 3.8) is 0 Å². The minimum absolute atomic E-state index is 0.314. The van der Waals surface area contributed by atoms with Gasteiger partial charge in [0.1, 0.15) is 0 Å². The molecule has 0 atom stereocenters. The lowest BCUT2D eigenvalue weighted by molar-refractivity contribution is 0.594. The summed E-state index contributed by atoms with van der Waals surface area (Å²) < 4.78 is 26.7. The highest BCUT2D eigenvalue weighted by atomic mass is 32.2. The number of aryl methyl sites for hydroxylation is 1. The third-order valence-electron chi connectivity index (χ3n) is 4.36. The molecular formula is C18H22N2O2S. The molecule has 4 nitrogen and oxygen atoms in total. The van der Waals surface area contributed by atoms with Gasteiger partial charge in [0.15, 0.2) is 0 Å². The highest BCUT2D eigenvalue weighted by Crippen LogP contribution is 2.26. The molecule has 0 spiro atoms. The molecule has 0 saturated carbocycles. The van der Waals surface area contributed by atoms with Crippen molar-refractivity contribution in [2.45, 2.75) is 24.7 Å². The van der Waals surface area contributed by atoms with E-state index in [0.717, 1.165) is 24.3 Å². The fourth-order valence-electron chi connectivity index (χ4n) is 2.86. The molecule has 1 heterocycles. The Balaban J connectivity index is 1.84. The van der Waals surface area contributed by atoms with Crippen LogP contribution in [0.15, 0.2) is 53.4 Å².